The maximum absolute atomic E-state index is 11.0. The maximum Gasteiger partial charge on any atom is 0.295 e. The molecule has 0 aromatic heterocycles. The van der Waals surface area contributed by atoms with Crippen LogP contribution in [0.4, 0.5) is 0 Å². The Kier molecular flexibility index (Phi) is 52.8. The first-order valence-corrected chi connectivity index (χ1v) is 34.1. The van der Waals surface area contributed by atoms with Crippen molar-refractivity contribution in [2.45, 2.75) is 249 Å². The van der Waals surface area contributed by atoms with Crippen LogP contribution in [-0.4, -0.2) is 428 Å². The number of aldehydes is 1. The monoisotopic (exact) mass is 1600 g/mol. The highest BCUT2D eigenvalue weighted by molar-refractivity contribution is 5.56. The number of azide groups is 2. The highest BCUT2D eigenvalue weighted by atomic mass is 16.8. The van der Waals surface area contributed by atoms with Crippen molar-refractivity contribution >= 4 is 12.8 Å². The number of carbonyl (C=O) groups excluding carboxylic acids is 2. The lowest BCUT2D eigenvalue weighted by Crippen LogP contribution is -2.64. The lowest BCUT2D eigenvalue weighted by molar-refractivity contribution is -0.385. The molecule has 0 radical (unpaired) electrons. The molecule has 6 saturated heterocycles. The zero-order chi connectivity index (χ0) is 81.3. The molecule has 0 saturated carbocycles. The van der Waals surface area contributed by atoms with Gasteiger partial charge < -0.3 is 200 Å². The Hall–Kier alpha value is -4.28. The summed E-state index contributed by atoms with van der Waals surface area (Å²) in [5.41, 5.74) is 25.5. The van der Waals surface area contributed by atoms with E-state index in [4.69, 9.17) is 104 Å². The Morgan fingerprint density at radius 3 is 1.28 bits per heavy atom. The number of hydrogen-bond acceptors (Lipinski definition) is 43. The fourth-order valence-corrected chi connectivity index (χ4v) is 10.6. The smallest absolute Gasteiger partial charge is 0.295 e. The first-order chi connectivity index (χ1) is 51.5. The average Bonchev–Trinajstić information content (AvgIpc) is 0.794. The van der Waals surface area contributed by atoms with Crippen LogP contribution < -0.4 is 11.5 Å². The number of hydrogen-bond donors (Lipinski definition) is 24. The molecule has 6 heterocycles. The molecule has 47 nitrogen and oxygen atoms in total. The molecular weight excluding hydrogens is 1480 g/mol. The van der Waals surface area contributed by atoms with E-state index in [0.29, 0.717) is 51.9 Å². The number of rotatable bonds is 39. The van der Waals surface area contributed by atoms with Gasteiger partial charge in [0.25, 0.3) is 6.47 Å². The second-order valence-electron chi connectivity index (χ2n) is 24.7. The molecule has 0 amide bonds. The van der Waals surface area contributed by atoms with Crippen molar-refractivity contribution in [3.63, 3.8) is 0 Å². The Bertz CT molecular complexity index is 2520. The SMILES string of the molecule is C.C=CCCCC(O)[C@@H](O)[C@@H](CO)OC.C=CCN.CO[C@H](CO)[C@H](O)C(O)CCCCN=[N+]=[N-].O=COC1O[C@H](OC2C(O)[C@H](O)CO[C@H]2O[C@@H]2CO[C@@H](O[C@@H]3CO[C@@H](O[C@@H]4CO[C@@H](O[C@@H]5CO[C@@H](O[C@H](CO)[C@H](O)C(O)C=O)C(O)C5O)C(O)[C@H]4O)C(O)C3O)C(O)[C@H]2O)C(O)[C@@H](O)[C@@H]1CO.[N-]=[N+]=NCCN. The van der Waals surface area contributed by atoms with E-state index in [1.165, 1.54) is 14.2 Å². The summed E-state index contributed by atoms with van der Waals surface area (Å²) < 4.78 is 80.4. The molecule has 6 rings (SSSR count). The van der Waals surface area contributed by atoms with Crippen molar-refractivity contribution in [3.05, 3.63) is 46.2 Å². The van der Waals surface area contributed by atoms with Crippen molar-refractivity contribution in [2.75, 3.05) is 99.9 Å². The van der Waals surface area contributed by atoms with Gasteiger partial charge >= 0.3 is 0 Å². The van der Waals surface area contributed by atoms with Gasteiger partial charge in [-0.15, -0.1) is 13.2 Å². The summed E-state index contributed by atoms with van der Waals surface area (Å²) in [6.07, 6.45) is -45.2. The fraction of sp³-hybridized carbons (Fsp3) is 0.903. The quantitative estimate of drug-likeness (QED) is 0.00679. The minimum Gasteiger partial charge on any atom is -0.437 e. The standard InChI is InChI=1S/C37H60O31.C10H20O4.C9H19N3O4.C3H7N.C2H6N4.CH4/c38-1-10-18(44)25(51)36(68-31(10)61-9-41)67-30-20(46)12(43)4-56-37(30)66-17-8-60-35(29(55)24(17)50)65-16-7-59-34(28(54)23(16)49)64-15-6-58-33(27(53)22(15)48)63-14-5-57-32(26(52)21(14)47)62-13(3-40)19(45)11(42)2-39;1-3-4-5-6-8(12)10(13)9(7-11)14-2;1-16-8(6-13)9(15)7(14)4-2-3-5-11-12-10;1-2-3-4;3-1-2-5-6-4;/h2,9-38,40,42-55H,1,3-8H2;3,8-13H,1,4-7H2,2H3;7-9,13-15H,2-6H2,1H3;2H,1,3-4H2;1-3H2;1H4/t10-,11?,12+,13+,14+,15+,16+,17+,18-,19+,20?,21?,22-,23?,24-,25?,26?,27?,28?,29?,30?,31?,32-,33-,34-,35-,36-,37-;8?,9-,10-;7?,8-,9-;;;/m011.../s1. The van der Waals surface area contributed by atoms with Crippen LogP contribution in [0.15, 0.2) is 35.5 Å². The number of methoxy groups -OCH3 is 2. The van der Waals surface area contributed by atoms with Crippen LogP contribution in [0.25, 0.3) is 20.9 Å². The van der Waals surface area contributed by atoms with Crippen molar-refractivity contribution in [1.29, 1.82) is 0 Å². The van der Waals surface area contributed by atoms with Crippen LogP contribution >= 0.6 is 0 Å². The number of unbranched alkanes of at least 4 members (excludes halogenated alkanes) is 2. The number of carbonyl (C=O) groups is 2. The summed E-state index contributed by atoms with van der Waals surface area (Å²) in [6, 6.07) is 0. The third kappa shape index (κ3) is 32.5. The van der Waals surface area contributed by atoms with Gasteiger partial charge in [0.15, 0.2) is 44.0 Å². The first-order valence-electron chi connectivity index (χ1n) is 34.1. The molecule has 34 atom stereocenters. The van der Waals surface area contributed by atoms with Crippen LogP contribution in [0.5, 0.6) is 0 Å². The minimum atomic E-state index is -1.95. The number of nitrogens with zero attached hydrogens (tertiary/aromatic N) is 6. The average molecular weight is 1600 g/mol. The summed E-state index contributed by atoms with van der Waals surface area (Å²) in [5, 5.41) is 230. The zero-order valence-corrected chi connectivity index (χ0v) is 59.4. The number of aliphatic hydroxyl groups is 22. The van der Waals surface area contributed by atoms with Gasteiger partial charge in [0.05, 0.1) is 83.7 Å². The minimum absolute atomic E-state index is 0. The predicted molar refractivity (Wildman–Crippen MR) is 362 cm³/mol. The number of nitrogens with two attached hydrogens (primary N) is 2. The van der Waals surface area contributed by atoms with E-state index >= 15 is 0 Å². The van der Waals surface area contributed by atoms with Gasteiger partial charge in [-0.3, -0.25) is 4.79 Å². The lowest BCUT2D eigenvalue weighted by Gasteiger charge is -2.46. The second kappa shape index (κ2) is 56.1. The van der Waals surface area contributed by atoms with Crippen LogP contribution in [0, 0.1) is 5.92 Å². The van der Waals surface area contributed by atoms with Crippen LogP contribution in [0.3, 0.4) is 0 Å². The summed E-state index contributed by atoms with van der Waals surface area (Å²) >= 11 is 0. The molecular formula is C62H116N8O39. The van der Waals surface area contributed by atoms with Gasteiger partial charge in [0.2, 0.25) is 6.29 Å². The molecule has 6 fully saturated rings. The maximum atomic E-state index is 11.0. The second-order valence-corrected chi connectivity index (χ2v) is 24.7. The largest absolute Gasteiger partial charge is 0.437 e. The highest BCUT2D eigenvalue weighted by Gasteiger charge is 2.54. The Morgan fingerprint density at radius 2 is 0.899 bits per heavy atom. The zero-order valence-electron chi connectivity index (χ0n) is 59.4. The molecule has 13 unspecified atom stereocenters. The van der Waals surface area contributed by atoms with Gasteiger partial charge in [0, 0.05) is 43.7 Å². The van der Waals surface area contributed by atoms with Gasteiger partial charge in [-0.1, -0.05) is 36.2 Å². The van der Waals surface area contributed by atoms with E-state index < -0.39 is 255 Å². The summed E-state index contributed by atoms with van der Waals surface area (Å²) in [4.78, 5) is 26.9. The van der Waals surface area contributed by atoms with E-state index in [2.05, 4.69) is 33.2 Å². The van der Waals surface area contributed by atoms with Crippen molar-refractivity contribution in [2.24, 2.45) is 27.6 Å². The van der Waals surface area contributed by atoms with Gasteiger partial charge in [-0.05, 0) is 49.7 Å². The molecule has 638 valence electrons. The van der Waals surface area contributed by atoms with E-state index in [-0.39, 0.29) is 33.4 Å². The van der Waals surface area contributed by atoms with Gasteiger partial charge in [0.1, 0.15) is 140 Å². The first kappa shape index (κ1) is 103. The summed E-state index contributed by atoms with van der Waals surface area (Å²) in [7, 11) is 2.75. The molecule has 109 heavy (non-hydrogen) atoms. The van der Waals surface area contributed by atoms with Gasteiger partial charge in [-0.25, -0.2) is 0 Å². The normalized spacial score (nSPS) is 35.5. The fourth-order valence-electron chi connectivity index (χ4n) is 10.6. The molecule has 0 aromatic carbocycles. The third-order valence-corrected chi connectivity index (χ3v) is 17.1. The molecule has 0 bridgehead atoms. The predicted octanol–water partition coefficient (Wildman–Crippen LogP) is -10.9. The van der Waals surface area contributed by atoms with Crippen molar-refractivity contribution in [1.82, 2.24) is 0 Å². The number of allylic oxidation sites excluding steroid dienone is 1. The van der Waals surface area contributed by atoms with Crippen molar-refractivity contribution < 1.29 is 193 Å². The Morgan fingerprint density at radius 1 is 0.495 bits per heavy atom. The Labute approximate surface area is 626 Å². The molecule has 0 spiro atoms. The topological polar surface area (TPSA) is 767 Å². The Balaban J connectivity index is 0.00000117. The summed E-state index contributed by atoms with van der Waals surface area (Å²) in [5.74, 6) is -1.30. The van der Waals surface area contributed by atoms with E-state index in [1.807, 2.05) is 0 Å². The molecule has 0 aromatic rings. The van der Waals surface area contributed by atoms with Crippen LogP contribution in [-0.2, 0) is 80.6 Å². The molecule has 0 aliphatic carbocycles. The number of ether oxygens (including phenoxy) is 15. The van der Waals surface area contributed by atoms with E-state index in [9.17, 15) is 112 Å². The van der Waals surface area contributed by atoms with Gasteiger partial charge in [-0.2, -0.15) is 0 Å². The van der Waals surface area contributed by atoms with Crippen LogP contribution in [0.1, 0.15) is 46.0 Å². The van der Waals surface area contributed by atoms with E-state index in [1.54, 1.807) is 12.2 Å². The van der Waals surface area contributed by atoms with E-state index in [0.717, 1.165) is 12.8 Å². The van der Waals surface area contributed by atoms with Crippen LogP contribution in [0.2, 0.25) is 0 Å². The number of aliphatic hydroxyl groups excluding tert-OH is 22. The summed E-state index contributed by atoms with van der Waals surface area (Å²) in [6.45, 7) is 3.60. The van der Waals surface area contributed by atoms with Crippen molar-refractivity contribution in [3.8, 4) is 0 Å². The third-order valence-electron chi connectivity index (χ3n) is 17.1. The molecule has 47 heteroatoms. The molecule has 6 aliphatic heterocycles. The highest BCUT2D eigenvalue weighted by Crippen LogP contribution is 2.34. The lowest BCUT2D eigenvalue weighted by atomic mass is 9.94. The molecule has 6 aliphatic rings. The molecule has 26 N–H and O–H groups in total.